The number of aromatic nitrogens is 1. The van der Waals surface area contributed by atoms with Gasteiger partial charge in [-0.3, -0.25) is 4.99 Å². The van der Waals surface area contributed by atoms with Crippen LogP contribution in [-0.2, 0) is 6.42 Å². The van der Waals surface area contributed by atoms with Gasteiger partial charge in [0.15, 0.2) is 0 Å². The topological polar surface area (TPSA) is 31.4 Å². The first-order valence-electron chi connectivity index (χ1n) is 8.81. The fraction of sp³-hybridized carbons (Fsp3) is 0.286. The van der Waals surface area contributed by atoms with E-state index in [0.29, 0.717) is 0 Å². The molecule has 1 aliphatic rings. The van der Waals surface area contributed by atoms with Crippen molar-refractivity contribution in [1.82, 2.24) is 4.98 Å². The highest BCUT2D eigenvalue weighted by atomic mass is 15.1. The maximum atomic E-state index is 4.82. The summed E-state index contributed by atoms with van der Waals surface area (Å²) in [5.41, 5.74) is 7.37. The summed E-state index contributed by atoms with van der Waals surface area (Å²) in [6, 6.07) is 17.4. The Labute approximate surface area is 143 Å². The van der Waals surface area contributed by atoms with Gasteiger partial charge >= 0.3 is 0 Å². The number of aromatic amines is 1. The van der Waals surface area contributed by atoms with Gasteiger partial charge in [-0.15, -0.1) is 0 Å². The van der Waals surface area contributed by atoms with Gasteiger partial charge in [0.2, 0.25) is 0 Å². The fourth-order valence-corrected chi connectivity index (χ4v) is 3.67. The first-order valence-corrected chi connectivity index (χ1v) is 8.81. The molecule has 0 saturated carbocycles. The van der Waals surface area contributed by atoms with Crippen LogP contribution in [0.1, 0.15) is 30.7 Å². The lowest BCUT2D eigenvalue weighted by molar-refractivity contribution is 0.866. The van der Waals surface area contributed by atoms with Crippen molar-refractivity contribution >= 4 is 22.3 Å². The van der Waals surface area contributed by atoms with E-state index in [9.17, 15) is 0 Å². The van der Waals surface area contributed by atoms with Gasteiger partial charge < -0.3 is 9.88 Å². The average Bonchev–Trinajstić information content (AvgIpc) is 3.02. The number of rotatable bonds is 4. The third-order valence-corrected chi connectivity index (χ3v) is 4.95. The van der Waals surface area contributed by atoms with E-state index in [2.05, 4.69) is 72.3 Å². The Hall–Kier alpha value is -2.55. The average molecular weight is 317 g/mol. The standard InChI is InChI=1S/C21H23N3/c1-3-24(4-2)16-11-9-15(10-12-16)20-21-18(13-14-22-20)17-7-5-6-8-19(17)23-21/h5-12,23H,3-4,13-14H2,1-2H3. The summed E-state index contributed by atoms with van der Waals surface area (Å²) in [6.45, 7) is 7.31. The number of para-hydroxylation sites is 1. The molecule has 0 amide bonds. The molecule has 0 fully saturated rings. The molecule has 122 valence electrons. The highest BCUT2D eigenvalue weighted by Crippen LogP contribution is 2.28. The number of nitrogens with zero attached hydrogens (tertiary/aromatic N) is 2. The van der Waals surface area contributed by atoms with Gasteiger partial charge in [0.25, 0.3) is 0 Å². The van der Waals surface area contributed by atoms with Crippen molar-refractivity contribution < 1.29 is 0 Å². The van der Waals surface area contributed by atoms with Gasteiger partial charge in [-0.1, -0.05) is 30.3 Å². The van der Waals surface area contributed by atoms with Crippen LogP contribution in [0.3, 0.4) is 0 Å². The monoisotopic (exact) mass is 317 g/mol. The van der Waals surface area contributed by atoms with E-state index in [1.807, 2.05) is 0 Å². The zero-order valence-corrected chi connectivity index (χ0v) is 14.3. The van der Waals surface area contributed by atoms with Gasteiger partial charge in [0.1, 0.15) is 0 Å². The third kappa shape index (κ3) is 2.41. The van der Waals surface area contributed by atoms with Gasteiger partial charge in [-0.2, -0.15) is 0 Å². The van der Waals surface area contributed by atoms with Crippen LogP contribution in [0.15, 0.2) is 53.5 Å². The van der Waals surface area contributed by atoms with Crippen molar-refractivity contribution in [3.05, 3.63) is 65.4 Å². The van der Waals surface area contributed by atoms with E-state index in [1.165, 1.54) is 33.4 Å². The number of hydrogen-bond acceptors (Lipinski definition) is 2. The minimum absolute atomic E-state index is 0.863. The summed E-state index contributed by atoms with van der Waals surface area (Å²) in [5.74, 6) is 0. The van der Waals surface area contributed by atoms with E-state index in [4.69, 9.17) is 4.99 Å². The van der Waals surface area contributed by atoms with Crippen LogP contribution in [0.2, 0.25) is 0 Å². The van der Waals surface area contributed by atoms with Crippen LogP contribution < -0.4 is 4.90 Å². The molecule has 0 spiro atoms. The molecule has 3 heteroatoms. The Morgan fingerprint density at radius 3 is 2.50 bits per heavy atom. The smallest absolute Gasteiger partial charge is 0.0884 e. The normalized spacial score (nSPS) is 13.7. The lowest BCUT2D eigenvalue weighted by Gasteiger charge is -2.21. The van der Waals surface area contributed by atoms with Crippen molar-refractivity contribution in [3.8, 4) is 0 Å². The third-order valence-electron chi connectivity index (χ3n) is 4.95. The number of fused-ring (bicyclic) bond motifs is 3. The quantitative estimate of drug-likeness (QED) is 0.759. The first-order chi connectivity index (χ1) is 11.8. The SMILES string of the molecule is CCN(CC)c1ccc(C2=NCCc3c2[nH]c2ccccc32)cc1. The Balaban J connectivity index is 1.74. The predicted molar refractivity (Wildman–Crippen MR) is 103 cm³/mol. The Kier molecular flexibility index (Phi) is 3.85. The molecule has 3 aromatic rings. The maximum Gasteiger partial charge on any atom is 0.0884 e. The van der Waals surface area contributed by atoms with E-state index >= 15 is 0 Å². The number of hydrogen-bond donors (Lipinski definition) is 1. The van der Waals surface area contributed by atoms with Crippen molar-refractivity contribution in [2.24, 2.45) is 4.99 Å². The molecule has 2 aromatic carbocycles. The molecule has 0 atom stereocenters. The molecule has 1 N–H and O–H groups in total. The van der Waals surface area contributed by atoms with E-state index in [-0.39, 0.29) is 0 Å². The van der Waals surface area contributed by atoms with Crippen LogP contribution in [0.5, 0.6) is 0 Å². The second-order valence-electron chi connectivity index (χ2n) is 6.22. The van der Waals surface area contributed by atoms with Crippen molar-refractivity contribution in [3.63, 3.8) is 0 Å². The summed E-state index contributed by atoms with van der Waals surface area (Å²) < 4.78 is 0. The van der Waals surface area contributed by atoms with E-state index in [1.54, 1.807) is 0 Å². The van der Waals surface area contributed by atoms with Gasteiger partial charge in [-0.25, -0.2) is 0 Å². The van der Waals surface area contributed by atoms with Crippen molar-refractivity contribution in [2.75, 3.05) is 24.5 Å². The molecular weight excluding hydrogens is 294 g/mol. The number of nitrogens with one attached hydrogen (secondary N) is 1. The Bertz CT molecular complexity index is 883. The highest BCUT2D eigenvalue weighted by Gasteiger charge is 2.20. The van der Waals surface area contributed by atoms with Crippen LogP contribution in [0, 0.1) is 0 Å². The summed E-state index contributed by atoms with van der Waals surface area (Å²) in [4.78, 5) is 10.8. The summed E-state index contributed by atoms with van der Waals surface area (Å²) in [5, 5.41) is 1.33. The molecule has 0 unspecified atom stereocenters. The fourth-order valence-electron chi connectivity index (χ4n) is 3.67. The van der Waals surface area contributed by atoms with E-state index in [0.717, 1.165) is 31.8 Å². The largest absolute Gasteiger partial charge is 0.372 e. The lowest BCUT2D eigenvalue weighted by atomic mass is 9.98. The van der Waals surface area contributed by atoms with Crippen molar-refractivity contribution in [1.29, 1.82) is 0 Å². The van der Waals surface area contributed by atoms with Crippen LogP contribution in [-0.4, -0.2) is 30.3 Å². The molecule has 3 nitrogen and oxygen atoms in total. The van der Waals surface area contributed by atoms with Gasteiger partial charge in [0.05, 0.1) is 11.4 Å². The summed E-state index contributed by atoms with van der Waals surface area (Å²) in [7, 11) is 0. The zero-order chi connectivity index (χ0) is 16.5. The number of anilines is 1. The minimum atomic E-state index is 0.863. The molecule has 0 saturated heterocycles. The molecule has 4 rings (SSSR count). The molecule has 2 heterocycles. The molecule has 1 aromatic heterocycles. The first kappa shape index (κ1) is 15.0. The van der Waals surface area contributed by atoms with Crippen LogP contribution >= 0.6 is 0 Å². The Morgan fingerprint density at radius 2 is 1.75 bits per heavy atom. The summed E-state index contributed by atoms with van der Waals surface area (Å²) in [6.07, 6.45) is 1.01. The number of aliphatic imine (C=N–C) groups is 1. The molecule has 1 aliphatic heterocycles. The Morgan fingerprint density at radius 1 is 1.00 bits per heavy atom. The van der Waals surface area contributed by atoms with E-state index < -0.39 is 0 Å². The maximum absolute atomic E-state index is 4.82. The van der Waals surface area contributed by atoms with Crippen molar-refractivity contribution in [2.45, 2.75) is 20.3 Å². The molecule has 0 bridgehead atoms. The second-order valence-corrected chi connectivity index (χ2v) is 6.22. The number of benzene rings is 2. The van der Waals surface area contributed by atoms with Crippen LogP contribution in [0.4, 0.5) is 5.69 Å². The molecule has 0 radical (unpaired) electrons. The van der Waals surface area contributed by atoms with Crippen LogP contribution in [0.25, 0.3) is 10.9 Å². The molecular formula is C21H23N3. The lowest BCUT2D eigenvalue weighted by Crippen LogP contribution is -2.21. The summed E-state index contributed by atoms with van der Waals surface area (Å²) >= 11 is 0. The minimum Gasteiger partial charge on any atom is -0.372 e. The highest BCUT2D eigenvalue weighted by molar-refractivity contribution is 6.15. The van der Waals surface area contributed by atoms with Gasteiger partial charge in [-0.05, 0) is 44.0 Å². The molecule has 0 aliphatic carbocycles. The van der Waals surface area contributed by atoms with Gasteiger partial charge in [0, 0.05) is 41.8 Å². The molecule has 24 heavy (non-hydrogen) atoms. The second kappa shape index (κ2) is 6.16. The predicted octanol–water partition coefficient (Wildman–Crippen LogP) is 4.41. The number of H-pyrrole nitrogens is 1. The zero-order valence-electron chi connectivity index (χ0n) is 14.3.